The van der Waals surface area contributed by atoms with Crippen LogP contribution in [0, 0.1) is 6.92 Å². The molecule has 0 aliphatic carbocycles. The summed E-state index contributed by atoms with van der Waals surface area (Å²) in [5.41, 5.74) is 5.78. The maximum Gasteiger partial charge on any atom is 0.289 e. The van der Waals surface area contributed by atoms with Gasteiger partial charge in [0.1, 0.15) is 5.76 Å². The molecule has 5 rings (SSSR count). The molecule has 0 radical (unpaired) electrons. The zero-order valence-corrected chi connectivity index (χ0v) is 14.8. The molecule has 1 aliphatic heterocycles. The Kier molecular flexibility index (Phi) is 3.47. The van der Waals surface area contributed by atoms with Gasteiger partial charge in [0.15, 0.2) is 0 Å². The predicted octanol–water partition coefficient (Wildman–Crippen LogP) is 6.37. The third kappa shape index (κ3) is 2.74. The first-order valence-corrected chi connectivity index (χ1v) is 8.86. The average molecular weight is 351 g/mol. The van der Waals surface area contributed by atoms with E-state index in [0.717, 1.165) is 27.8 Å². The number of fused-ring (bicyclic) bond motifs is 2. The molecular formula is C24H17NO2. The summed E-state index contributed by atoms with van der Waals surface area (Å²) in [5.74, 6) is 0.560. The third-order valence-electron chi connectivity index (χ3n) is 4.89. The van der Waals surface area contributed by atoms with Crippen molar-refractivity contribution in [3.8, 4) is 17.3 Å². The van der Waals surface area contributed by atoms with Crippen LogP contribution in [-0.2, 0) is 0 Å². The number of benzene rings is 3. The van der Waals surface area contributed by atoms with E-state index in [1.165, 1.54) is 10.9 Å². The van der Waals surface area contributed by atoms with Crippen LogP contribution in [0.5, 0.6) is 5.95 Å². The van der Waals surface area contributed by atoms with Crippen molar-refractivity contribution >= 4 is 34.3 Å². The van der Waals surface area contributed by atoms with Gasteiger partial charge in [-0.15, -0.1) is 0 Å². The Morgan fingerprint density at radius 2 is 1.74 bits per heavy atom. The van der Waals surface area contributed by atoms with Gasteiger partial charge in [-0.2, -0.15) is 0 Å². The van der Waals surface area contributed by atoms with Crippen LogP contribution >= 0.6 is 0 Å². The predicted molar refractivity (Wildman–Crippen MR) is 111 cm³/mol. The van der Waals surface area contributed by atoms with Crippen molar-refractivity contribution in [2.24, 2.45) is 4.99 Å². The van der Waals surface area contributed by atoms with E-state index >= 15 is 0 Å². The number of hydrogen-bond acceptors (Lipinski definition) is 3. The second kappa shape index (κ2) is 5.99. The Morgan fingerprint density at radius 1 is 0.926 bits per heavy atom. The monoisotopic (exact) mass is 351 g/mol. The molecule has 3 heteroatoms. The highest BCUT2D eigenvalue weighted by molar-refractivity contribution is 6.21. The van der Waals surface area contributed by atoms with Gasteiger partial charge >= 0.3 is 0 Å². The number of aromatic hydroxyl groups is 1. The Hall–Kier alpha value is -3.59. The lowest BCUT2D eigenvalue weighted by molar-refractivity contribution is 0.337. The molecule has 0 unspecified atom stereocenters. The molecule has 1 aliphatic rings. The lowest BCUT2D eigenvalue weighted by atomic mass is 10.0. The second-order valence-electron chi connectivity index (χ2n) is 6.81. The first-order valence-electron chi connectivity index (χ1n) is 8.86. The minimum Gasteiger partial charge on any atom is -0.480 e. The van der Waals surface area contributed by atoms with Crippen LogP contribution in [0.4, 0.5) is 5.69 Å². The summed E-state index contributed by atoms with van der Waals surface area (Å²) in [6.07, 6.45) is 3.72. The molecule has 1 N–H and O–H groups in total. The van der Waals surface area contributed by atoms with E-state index in [-0.39, 0.29) is 5.95 Å². The largest absolute Gasteiger partial charge is 0.480 e. The quantitative estimate of drug-likeness (QED) is 0.456. The zero-order valence-electron chi connectivity index (χ0n) is 14.8. The fourth-order valence-corrected chi connectivity index (χ4v) is 3.48. The minimum atomic E-state index is -0.0840. The first kappa shape index (κ1) is 15.6. The Morgan fingerprint density at radius 3 is 2.67 bits per heavy atom. The van der Waals surface area contributed by atoms with Gasteiger partial charge in [0.25, 0.3) is 5.95 Å². The number of rotatable bonds is 2. The molecule has 4 aromatic rings. The summed E-state index contributed by atoms with van der Waals surface area (Å²) in [5, 5.41) is 12.6. The fourth-order valence-electron chi connectivity index (χ4n) is 3.48. The van der Waals surface area contributed by atoms with Crippen LogP contribution in [0.15, 0.2) is 76.1 Å². The number of nitrogens with zero attached hydrogens (tertiary/aromatic N) is 1. The van der Waals surface area contributed by atoms with Gasteiger partial charge in [-0.3, -0.25) is 4.99 Å². The topological polar surface area (TPSA) is 45.7 Å². The number of aryl methyl sites for hydroxylation is 1. The number of furan rings is 1. The molecule has 0 spiro atoms. The van der Waals surface area contributed by atoms with Crippen molar-refractivity contribution in [1.29, 1.82) is 0 Å². The van der Waals surface area contributed by atoms with Crippen LogP contribution in [-0.4, -0.2) is 11.3 Å². The Bertz CT molecular complexity index is 1240. The van der Waals surface area contributed by atoms with Crippen molar-refractivity contribution in [2.45, 2.75) is 6.92 Å². The van der Waals surface area contributed by atoms with E-state index in [1.54, 1.807) is 0 Å². The summed E-state index contributed by atoms with van der Waals surface area (Å²) in [6.45, 7) is 2.09. The van der Waals surface area contributed by atoms with Gasteiger partial charge in [0, 0.05) is 22.9 Å². The highest BCUT2D eigenvalue weighted by atomic mass is 16.5. The molecule has 27 heavy (non-hydrogen) atoms. The van der Waals surface area contributed by atoms with Gasteiger partial charge in [0.2, 0.25) is 0 Å². The van der Waals surface area contributed by atoms with E-state index in [0.29, 0.717) is 11.3 Å². The Labute approximate surface area is 156 Å². The second-order valence-corrected chi connectivity index (χ2v) is 6.81. The summed E-state index contributed by atoms with van der Waals surface area (Å²) >= 11 is 0. The summed E-state index contributed by atoms with van der Waals surface area (Å²) in [4.78, 5) is 4.41. The fraction of sp³-hybridized carbons (Fsp3) is 0.0417. The SMILES string of the molecule is Cc1ccc2cc(-c3cc(C=C4C=Nc5ccccc54)c(O)o3)ccc2c1. The van der Waals surface area contributed by atoms with Crippen LogP contribution in [0.25, 0.3) is 33.7 Å². The highest BCUT2D eigenvalue weighted by Crippen LogP contribution is 2.37. The molecule has 0 atom stereocenters. The summed E-state index contributed by atoms with van der Waals surface area (Å²) < 4.78 is 5.64. The number of aliphatic imine (C=N–C) groups is 1. The van der Waals surface area contributed by atoms with E-state index in [4.69, 9.17) is 4.42 Å². The number of allylic oxidation sites excluding steroid dienone is 1. The molecule has 0 fully saturated rings. The first-order chi connectivity index (χ1) is 13.2. The van der Waals surface area contributed by atoms with Crippen molar-refractivity contribution in [3.63, 3.8) is 0 Å². The molecule has 2 heterocycles. The van der Waals surface area contributed by atoms with E-state index in [2.05, 4.69) is 42.2 Å². The maximum atomic E-state index is 10.3. The minimum absolute atomic E-state index is 0.0840. The van der Waals surface area contributed by atoms with Gasteiger partial charge in [-0.05, 0) is 42.0 Å². The van der Waals surface area contributed by atoms with Crippen molar-refractivity contribution < 1.29 is 9.52 Å². The summed E-state index contributed by atoms with van der Waals surface area (Å²) in [7, 11) is 0. The van der Waals surface area contributed by atoms with E-state index in [9.17, 15) is 5.11 Å². The van der Waals surface area contributed by atoms with Gasteiger partial charge in [0.05, 0.1) is 11.3 Å². The molecule has 0 saturated carbocycles. The lowest BCUT2D eigenvalue weighted by Crippen LogP contribution is -1.79. The molecule has 3 nitrogen and oxygen atoms in total. The number of para-hydroxylation sites is 1. The molecule has 0 saturated heterocycles. The Balaban J connectivity index is 1.55. The van der Waals surface area contributed by atoms with Crippen molar-refractivity contribution in [2.75, 3.05) is 0 Å². The van der Waals surface area contributed by atoms with Crippen molar-refractivity contribution in [3.05, 3.63) is 83.4 Å². The lowest BCUT2D eigenvalue weighted by Gasteiger charge is -2.02. The van der Waals surface area contributed by atoms with E-state index < -0.39 is 0 Å². The summed E-state index contributed by atoms with van der Waals surface area (Å²) in [6, 6.07) is 22.4. The normalized spacial score (nSPS) is 14.2. The van der Waals surface area contributed by atoms with Crippen LogP contribution < -0.4 is 0 Å². The van der Waals surface area contributed by atoms with Crippen LogP contribution in [0.2, 0.25) is 0 Å². The molecule has 1 aromatic heterocycles. The maximum absolute atomic E-state index is 10.3. The standard InChI is InChI=1S/C24H17NO2/c1-15-6-7-17-11-18(9-8-16(17)10-15)23-13-19(24(26)27-23)12-20-14-25-22-5-3-2-4-21(20)22/h2-14,26H,1H3. The van der Waals surface area contributed by atoms with Crippen LogP contribution in [0.1, 0.15) is 16.7 Å². The molecule has 130 valence electrons. The molecular weight excluding hydrogens is 334 g/mol. The zero-order chi connectivity index (χ0) is 18.4. The third-order valence-corrected chi connectivity index (χ3v) is 4.89. The average Bonchev–Trinajstić information content (AvgIpc) is 3.26. The van der Waals surface area contributed by atoms with Crippen molar-refractivity contribution in [1.82, 2.24) is 0 Å². The van der Waals surface area contributed by atoms with Gasteiger partial charge < -0.3 is 9.52 Å². The van der Waals surface area contributed by atoms with Gasteiger partial charge in [-0.25, -0.2) is 0 Å². The van der Waals surface area contributed by atoms with Crippen LogP contribution in [0.3, 0.4) is 0 Å². The van der Waals surface area contributed by atoms with E-state index in [1.807, 2.05) is 48.7 Å². The molecule has 0 bridgehead atoms. The molecule has 3 aromatic carbocycles. The highest BCUT2D eigenvalue weighted by Gasteiger charge is 2.15. The van der Waals surface area contributed by atoms with Gasteiger partial charge in [-0.1, -0.05) is 54.1 Å². The number of hydrogen-bond donors (Lipinski definition) is 1. The smallest absolute Gasteiger partial charge is 0.289 e. The molecule has 0 amide bonds.